The van der Waals surface area contributed by atoms with Crippen molar-refractivity contribution in [2.45, 2.75) is 75.4 Å². The minimum atomic E-state index is -1.66. The molecule has 3 N–H and O–H groups in total. The van der Waals surface area contributed by atoms with Crippen molar-refractivity contribution >= 4 is 57.7 Å². The molecule has 6 amide bonds. The number of nitrogens with zero attached hydrogens (tertiary/aromatic N) is 3. The van der Waals surface area contributed by atoms with Crippen LogP contribution in [0.5, 0.6) is 0 Å². The number of nitrogens with two attached hydrogens (primary N) is 1. The van der Waals surface area contributed by atoms with Crippen LogP contribution in [0.25, 0.3) is 10.8 Å². The number of amides is 6. The molecule has 3 heterocycles. The van der Waals surface area contributed by atoms with Crippen molar-refractivity contribution in [1.82, 2.24) is 15.1 Å². The molecule has 3 aromatic rings. The van der Waals surface area contributed by atoms with E-state index >= 15 is 0 Å². The Balaban J connectivity index is 1.25. The molecule has 1 aliphatic carbocycles. The molecule has 3 fully saturated rings. The van der Waals surface area contributed by atoms with Crippen LogP contribution < -0.4 is 11.1 Å². The molecule has 0 aromatic heterocycles. The lowest BCUT2D eigenvalue weighted by atomic mass is 9.84. The zero-order valence-corrected chi connectivity index (χ0v) is 29.3. The smallest absolute Gasteiger partial charge is 0.287 e. The second kappa shape index (κ2) is 14.8. The predicted molar refractivity (Wildman–Crippen MR) is 193 cm³/mol. The van der Waals surface area contributed by atoms with Gasteiger partial charge in [0.1, 0.15) is 17.3 Å². The molecular formula is C40H41N5O8. The highest BCUT2D eigenvalue weighted by molar-refractivity contribution is 6.41. The molecule has 13 heteroatoms. The van der Waals surface area contributed by atoms with E-state index in [2.05, 4.69) is 10.3 Å². The maximum atomic E-state index is 14.8. The quantitative estimate of drug-likeness (QED) is 0.192. The maximum absolute atomic E-state index is 14.8. The standard InChI is InChI=1S/C40H41N5O8/c41-34(47)33(46)40(16-18-53-19-17-40)43-36(49)32-22-28(45-37(50)29-12-6-7-13-30(29)38(45)51)23-44(32)39(52)31(20-24-8-2-1-3-9-24)42-35(48)27-15-14-25-10-4-5-11-26(25)21-27/h4-7,10-15,21,24,28,32H,1-3,8-9,16-20,22-23H2,(H2,41,47)(H,43,49)/t28-,32-/m0/s1. The normalized spacial score (nSPS) is 21.8. The van der Waals surface area contributed by atoms with Crippen molar-refractivity contribution < 1.29 is 38.3 Å². The van der Waals surface area contributed by atoms with E-state index < -0.39 is 58.8 Å². The van der Waals surface area contributed by atoms with E-state index in [0.717, 1.165) is 47.8 Å². The van der Waals surface area contributed by atoms with Gasteiger partial charge in [0.15, 0.2) is 0 Å². The molecule has 2 saturated heterocycles. The molecule has 3 aromatic carbocycles. The van der Waals surface area contributed by atoms with Crippen LogP contribution in [0.3, 0.4) is 0 Å². The Labute approximate surface area is 305 Å². The van der Waals surface area contributed by atoms with Crippen molar-refractivity contribution in [3.8, 4) is 0 Å². The van der Waals surface area contributed by atoms with Gasteiger partial charge in [0, 0.05) is 38.2 Å². The number of Topliss-reactive ketones (excluding diaryl/α,β-unsaturated/α-hetero) is 1. The number of fused-ring (bicyclic) bond motifs is 2. The van der Waals surface area contributed by atoms with Crippen molar-refractivity contribution in [1.29, 1.82) is 0 Å². The molecule has 0 radical (unpaired) electrons. The lowest BCUT2D eigenvalue weighted by Crippen LogP contribution is -2.63. The van der Waals surface area contributed by atoms with E-state index in [1.807, 2.05) is 30.3 Å². The van der Waals surface area contributed by atoms with Gasteiger partial charge in [0.2, 0.25) is 11.7 Å². The number of benzene rings is 3. The summed E-state index contributed by atoms with van der Waals surface area (Å²) in [5.41, 5.74) is 4.47. The van der Waals surface area contributed by atoms with Crippen molar-refractivity contribution in [2.24, 2.45) is 16.6 Å². The third kappa shape index (κ3) is 7.00. The summed E-state index contributed by atoms with van der Waals surface area (Å²) >= 11 is 0. The van der Waals surface area contributed by atoms with Crippen LogP contribution in [-0.4, -0.2) is 94.1 Å². The number of carbonyl (C=O) groups excluding carboxylic acids is 7. The van der Waals surface area contributed by atoms with Gasteiger partial charge in [-0.15, -0.1) is 0 Å². The van der Waals surface area contributed by atoms with Gasteiger partial charge in [-0.25, -0.2) is 4.99 Å². The summed E-state index contributed by atoms with van der Waals surface area (Å²) in [6.45, 7) is -0.0468. The highest BCUT2D eigenvalue weighted by Gasteiger charge is 2.51. The summed E-state index contributed by atoms with van der Waals surface area (Å²) in [7, 11) is 0. The molecule has 7 rings (SSSR count). The van der Waals surface area contributed by atoms with Crippen molar-refractivity contribution in [3.05, 3.63) is 83.4 Å². The lowest BCUT2D eigenvalue weighted by Gasteiger charge is -2.37. The summed E-state index contributed by atoms with van der Waals surface area (Å²) in [6, 6.07) is 17.0. The third-order valence-corrected chi connectivity index (χ3v) is 11.1. The van der Waals surface area contributed by atoms with Crippen LogP contribution >= 0.6 is 0 Å². The number of ketones is 1. The third-order valence-electron chi connectivity index (χ3n) is 11.1. The van der Waals surface area contributed by atoms with Gasteiger partial charge in [-0.1, -0.05) is 74.6 Å². The Hall–Kier alpha value is -5.56. The average Bonchev–Trinajstić information content (AvgIpc) is 3.72. The fourth-order valence-corrected chi connectivity index (χ4v) is 8.22. The monoisotopic (exact) mass is 719 g/mol. The Morgan fingerprint density at radius 1 is 0.849 bits per heavy atom. The number of carbonyl (C=O) groups is 7. The number of hydrogen-bond acceptors (Lipinski definition) is 8. The van der Waals surface area contributed by atoms with Gasteiger partial charge in [-0.05, 0) is 53.8 Å². The number of primary amides is 1. The SMILES string of the molecule is NC(=O)C(=O)C1(NC(=O)[C@@H]2C[C@H](N3C(=O)c4ccccc4C3=O)CN2C(=O)C(CC2CCCCC2)=NC(=O)c2ccc3ccccc3c2)CCOCC1. The van der Waals surface area contributed by atoms with Crippen LogP contribution in [0.4, 0.5) is 0 Å². The van der Waals surface area contributed by atoms with Crippen molar-refractivity contribution in [3.63, 3.8) is 0 Å². The average molecular weight is 720 g/mol. The van der Waals surface area contributed by atoms with Gasteiger partial charge >= 0.3 is 0 Å². The topological polar surface area (TPSA) is 186 Å². The first-order valence-corrected chi connectivity index (χ1v) is 18.2. The van der Waals surface area contributed by atoms with Crippen LogP contribution in [0.1, 0.15) is 88.9 Å². The fourth-order valence-electron chi connectivity index (χ4n) is 8.22. The summed E-state index contributed by atoms with van der Waals surface area (Å²) in [6.07, 6.45) is 4.73. The molecular weight excluding hydrogens is 678 g/mol. The summed E-state index contributed by atoms with van der Waals surface area (Å²) < 4.78 is 5.41. The van der Waals surface area contributed by atoms with E-state index in [0.29, 0.717) is 5.56 Å². The van der Waals surface area contributed by atoms with Gasteiger partial charge in [-0.3, -0.25) is 38.5 Å². The highest BCUT2D eigenvalue weighted by atomic mass is 16.5. The number of likely N-dealkylation sites (tertiary alicyclic amines) is 1. The largest absolute Gasteiger partial charge is 0.381 e. The summed E-state index contributed by atoms with van der Waals surface area (Å²) in [4.78, 5) is 102. The molecule has 13 nitrogen and oxygen atoms in total. The molecule has 0 bridgehead atoms. The molecule has 1 saturated carbocycles. The van der Waals surface area contributed by atoms with Crippen LogP contribution in [0, 0.1) is 5.92 Å². The van der Waals surface area contributed by atoms with E-state index in [1.54, 1.807) is 36.4 Å². The Morgan fingerprint density at radius 2 is 1.49 bits per heavy atom. The molecule has 0 spiro atoms. The van der Waals surface area contributed by atoms with Gasteiger partial charge in [0.25, 0.3) is 29.5 Å². The maximum Gasteiger partial charge on any atom is 0.287 e. The van der Waals surface area contributed by atoms with E-state index in [9.17, 15) is 33.6 Å². The minimum Gasteiger partial charge on any atom is -0.381 e. The molecule has 274 valence electrons. The second-order valence-electron chi connectivity index (χ2n) is 14.4. The van der Waals surface area contributed by atoms with Crippen LogP contribution in [-0.2, 0) is 23.9 Å². The number of hydrogen-bond donors (Lipinski definition) is 2. The first kappa shape index (κ1) is 35.8. The number of rotatable bonds is 9. The van der Waals surface area contributed by atoms with E-state index in [-0.39, 0.29) is 68.2 Å². The number of aliphatic imine (C=N–C) groups is 1. The minimum absolute atomic E-state index is 0.0162. The Morgan fingerprint density at radius 3 is 2.15 bits per heavy atom. The first-order valence-electron chi connectivity index (χ1n) is 18.2. The predicted octanol–water partition coefficient (Wildman–Crippen LogP) is 3.38. The molecule has 4 aliphatic rings. The Kier molecular flexibility index (Phi) is 10.0. The van der Waals surface area contributed by atoms with Gasteiger partial charge < -0.3 is 20.7 Å². The molecule has 2 atom stereocenters. The lowest BCUT2D eigenvalue weighted by molar-refractivity contribution is -0.146. The van der Waals surface area contributed by atoms with Gasteiger partial charge in [-0.2, -0.15) is 0 Å². The van der Waals surface area contributed by atoms with E-state index in [4.69, 9.17) is 10.5 Å². The van der Waals surface area contributed by atoms with E-state index in [1.165, 1.54) is 4.90 Å². The fraction of sp³-hybridized carbons (Fsp3) is 0.400. The first-order chi connectivity index (χ1) is 25.6. The Bertz CT molecular complexity index is 2010. The second-order valence-corrected chi connectivity index (χ2v) is 14.4. The molecule has 0 unspecified atom stereocenters. The summed E-state index contributed by atoms with van der Waals surface area (Å²) in [5, 5.41) is 4.51. The van der Waals surface area contributed by atoms with Crippen molar-refractivity contribution in [2.75, 3.05) is 19.8 Å². The summed E-state index contributed by atoms with van der Waals surface area (Å²) in [5.74, 6) is -5.25. The zero-order chi connectivity index (χ0) is 37.3. The van der Waals surface area contributed by atoms with Crippen LogP contribution in [0.15, 0.2) is 71.7 Å². The van der Waals surface area contributed by atoms with Gasteiger partial charge in [0.05, 0.1) is 17.2 Å². The number of imide groups is 1. The zero-order valence-electron chi connectivity index (χ0n) is 29.3. The number of nitrogens with one attached hydrogen (secondary N) is 1. The van der Waals surface area contributed by atoms with Crippen LogP contribution in [0.2, 0.25) is 0 Å². The molecule has 53 heavy (non-hydrogen) atoms. The number of ether oxygens (including phenoxy) is 1. The highest BCUT2D eigenvalue weighted by Crippen LogP contribution is 2.33. The molecule has 3 aliphatic heterocycles.